The lowest BCUT2D eigenvalue weighted by molar-refractivity contribution is -0.142. The van der Waals surface area contributed by atoms with Gasteiger partial charge in [-0.25, -0.2) is 9.78 Å². The summed E-state index contributed by atoms with van der Waals surface area (Å²) in [7, 11) is 0. The van der Waals surface area contributed by atoms with Crippen LogP contribution in [0.4, 0.5) is 17.2 Å². The number of aliphatic carboxylic acids is 2. The van der Waals surface area contributed by atoms with Crippen molar-refractivity contribution in [2.75, 3.05) is 83.1 Å². The summed E-state index contributed by atoms with van der Waals surface area (Å²) in [6.07, 6.45) is 19.3. The van der Waals surface area contributed by atoms with Crippen LogP contribution < -0.4 is 37.6 Å². The van der Waals surface area contributed by atoms with Crippen LogP contribution in [0.5, 0.6) is 0 Å². The molecule has 0 radical (unpaired) electrons. The van der Waals surface area contributed by atoms with E-state index in [0.717, 1.165) is 57.1 Å². The monoisotopic (exact) mass is 1330 g/mol. The molecular weight excluding hydrogens is 1240 g/mol. The van der Waals surface area contributed by atoms with Crippen LogP contribution in [0, 0.1) is 12.3 Å². The van der Waals surface area contributed by atoms with E-state index in [0.29, 0.717) is 45.4 Å². The van der Waals surface area contributed by atoms with Crippen molar-refractivity contribution in [2.45, 2.75) is 160 Å². The number of fused-ring (bicyclic) bond motifs is 2. The largest absolute Gasteiger partial charge is 0.481 e. The summed E-state index contributed by atoms with van der Waals surface area (Å²) < 4.78 is 23.8. The maximum Gasteiger partial charge on any atom is 0.326 e. The van der Waals surface area contributed by atoms with Crippen LogP contribution in [0.15, 0.2) is 59.5 Å². The first-order valence-corrected chi connectivity index (χ1v) is 32.3. The number of benzene rings is 1. The molecule has 7 amide bonds. The van der Waals surface area contributed by atoms with Crippen LogP contribution in [-0.4, -0.2) is 179 Å². The van der Waals surface area contributed by atoms with E-state index in [-0.39, 0.29) is 141 Å². The van der Waals surface area contributed by atoms with Crippen LogP contribution in [0.1, 0.15) is 144 Å². The summed E-state index contributed by atoms with van der Waals surface area (Å²) in [6.45, 7) is 2.42. The number of nitrogens with two attached hydrogens (primary N) is 1. The van der Waals surface area contributed by atoms with Gasteiger partial charge < -0.3 is 71.7 Å². The molecule has 2 aliphatic rings. The number of hydrogen-bond acceptors (Lipinski definition) is 17. The van der Waals surface area contributed by atoms with Gasteiger partial charge in [0.2, 0.25) is 35.4 Å². The number of carbonyl (C=O) groups is 9. The highest BCUT2D eigenvalue weighted by Crippen LogP contribution is 2.59. The number of carboxylic acids is 2. The Morgan fingerprint density at radius 1 is 0.670 bits per heavy atom. The van der Waals surface area contributed by atoms with Gasteiger partial charge in [-0.15, -0.1) is 0 Å². The van der Waals surface area contributed by atoms with Gasteiger partial charge in [-0.1, -0.05) is 83.1 Å². The molecule has 1 aromatic carbocycles. The van der Waals surface area contributed by atoms with Crippen molar-refractivity contribution >= 4 is 97.3 Å². The van der Waals surface area contributed by atoms with Crippen molar-refractivity contribution < 1.29 is 72.3 Å². The van der Waals surface area contributed by atoms with Gasteiger partial charge in [0.15, 0.2) is 5.69 Å². The molecule has 27 nitrogen and oxygen atoms in total. The highest BCUT2D eigenvalue weighted by atomic mass is 79.9. The van der Waals surface area contributed by atoms with Gasteiger partial charge in [-0.3, -0.25) is 48.0 Å². The van der Waals surface area contributed by atoms with E-state index in [1.807, 2.05) is 0 Å². The van der Waals surface area contributed by atoms with Gasteiger partial charge in [0.1, 0.15) is 42.3 Å². The number of carbonyl (C=O) groups excluding carboxylic acids is 7. The fraction of sp³-hybridized carbons (Fsp3) is 0.587. The quantitative estimate of drug-likeness (QED) is 0.0185. The Bertz CT molecular complexity index is 3050. The van der Waals surface area contributed by atoms with Crippen molar-refractivity contribution in [3.63, 3.8) is 0 Å². The molecule has 28 heteroatoms. The second kappa shape index (κ2) is 38.9. The fourth-order valence-electron chi connectivity index (χ4n) is 10.9. The predicted octanol–water partition coefficient (Wildman–Crippen LogP) is 5.83. The van der Waals surface area contributed by atoms with E-state index in [4.69, 9.17) is 29.8 Å². The lowest BCUT2D eigenvalue weighted by Crippen LogP contribution is -2.47. The first-order valence-electron chi connectivity index (χ1n) is 31.5. The maximum absolute atomic E-state index is 14.4. The summed E-state index contributed by atoms with van der Waals surface area (Å²) in [5, 5.41) is 40.1. The van der Waals surface area contributed by atoms with E-state index in [2.05, 4.69) is 62.9 Å². The number of aryl methyl sites for hydroxylation is 1. The van der Waals surface area contributed by atoms with Crippen molar-refractivity contribution in [2.24, 2.45) is 11.1 Å². The van der Waals surface area contributed by atoms with Crippen molar-refractivity contribution in [1.29, 1.82) is 0 Å². The Labute approximate surface area is 538 Å². The van der Waals surface area contributed by atoms with Gasteiger partial charge in [0.25, 0.3) is 5.91 Å². The summed E-state index contributed by atoms with van der Waals surface area (Å²) in [5.41, 5.74) is 7.77. The maximum atomic E-state index is 14.4. The molecule has 1 aliphatic carbocycles. The number of pyridine rings is 2. The summed E-state index contributed by atoms with van der Waals surface area (Å²) in [4.78, 5) is 123. The number of nitrogens with zero attached hydrogens (tertiary/aromatic N) is 5. The third-order valence-electron chi connectivity index (χ3n) is 15.9. The SMILES string of the molecule is Cc1ccc(Br)nc1NC(=O)[C@@H]1C[C@@]2(CNC(=O)COCCOCCNC(=O)COCCOCCNC(=O)CC[C@H](NC(=O)CCCCCCCCCCCCCCCCC(=O)O)C(=O)O)C[C@H]2N1C(=O)Cn1nc(C(N)=O)c2cc(Nc3ccncc3)ccc21. The molecular formula is C63H89BrN12O15. The zero-order valence-electron chi connectivity index (χ0n) is 51.9. The number of hydrogen-bond donors (Lipinski definition) is 9. The number of nitrogens with one attached hydrogen (secondary N) is 6. The number of aromatic nitrogens is 4. The second-order valence-corrected chi connectivity index (χ2v) is 23.8. The first kappa shape index (κ1) is 72.4. The van der Waals surface area contributed by atoms with Gasteiger partial charge in [-0.05, 0) is 96.9 Å². The number of unbranched alkanes of at least 4 members (excludes halogenated alkanes) is 13. The van der Waals surface area contributed by atoms with Crippen LogP contribution in [-0.2, 0) is 63.8 Å². The highest BCUT2D eigenvalue weighted by Gasteiger charge is 2.67. The number of anilines is 3. The molecule has 2 fully saturated rings. The number of piperidine rings is 1. The number of primary amides is 1. The number of amides is 7. The van der Waals surface area contributed by atoms with Gasteiger partial charge in [0.05, 0.1) is 45.2 Å². The van der Waals surface area contributed by atoms with Crippen LogP contribution >= 0.6 is 15.9 Å². The lowest BCUT2D eigenvalue weighted by Gasteiger charge is -2.27. The molecule has 0 bridgehead atoms. The Kier molecular flexibility index (Phi) is 31.0. The minimum atomic E-state index is -1.20. The molecule has 0 spiro atoms. The summed E-state index contributed by atoms with van der Waals surface area (Å²) in [6, 6.07) is 9.89. The van der Waals surface area contributed by atoms with E-state index in [1.165, 1.54) is 36.8 Å². The van der Waals surface area contributed by atoms with Crippen LogP contribution in [0.25, 0.3) is 10.9 Å². The summed E-state index contributed by atoms with van der Waals surface area (Å²) >= 11 is 3.36. The average molecular weight is 1330 g/mol. The number of rotatable bonds is 47. The predicted molar refractivity (Wildman–Crippen MR) is 340 cm³/mol. The van der Waals surface area contributed by atoms with E-state index >= 15 is 0 Å². The normalized spacial score (nSPS) is 16.0. The topological polar surface area (TPSA) is 376 Å². The van der Waals surface area contributed by atoms with E-state index in [1.54, 1.807) is 66.7 Å². The zero-order chi connectivity index (χ0) is 65.4. The van der Waals surface area contributed by atoms with E-state index in [9.17, 15) is 48.3 Å². The standard InChI is InChI=1S/C63H89BrN12O15/c1-43-18-22-51(64)72-60(43)73-61(85)49-37-63(38-50(63)76(49)56(81)39-75-48-21-19-45(70-44-24-26-66-27-25-44)36-46(48)58(74-75)59(65)84)42-69-55(80)41-91-35-33-89-31-29-68-54(79)40-90-34-32-88-30-28-67-52(77)23-20-47(62(86)87)71-53(78)16-14-12-10-8-6-4-2-3-5-7-9-11-13-15-17-57(82)83/h18-19,21-22,24-27,36,47,49-50H,2-17,20,23,28-35,37-42H2,1H3,(H2,65,84)(H,66,70)(H,67,77)(H,68,79)(H,69,80)(H,71,78)(H,82,83)(H,86,87)(H,72,73,85)/t47-,49-,50+,63-/m0/s1. The molecule has 1 saturated carbocycles. The molecule has 4 aromatic rings. The molecule has 0 unspecified atom stereocenters. The molecule has 91 heavy (non-hydrogen) atoms. The first-order chi connectivity index (χ1) is 43.9. The molecule has 4 heterocycles. The van der Waals surface area contributed by atoms with Crippen LogP contribution in [0.2, 0.25) is 0 Å². The molecule has 1 aliphatic heterocycles. The van der Waals surface area contributed by atoms with Gasteiger partial charge in [-0.2, -0.15) is 5.10 Å². The summed E-state index contributed by atoms with van der Waals surface area (Å²) in [5.74, 6) is -4.72. The van der Waals surface area contributed by atoms with E-state index < -0.39 is 53.1 Å². The van der Waals surface area contributed by atoms with Gasteiger partial charge >= 0.3 is 11.9 Å². The van der Waals surface area contributed by atoms with Crippen molar-refractivity contribution in [3.05, 3.63) is 70.7 Å². The lowest BCUT2D eigenvalue weighted by atomic mass is 9.99. The highest BCUT2D eigenvalue weighted by molar-refractivity contribution is 9.10. The Hall–Kier alpha value is -7.66. The smallest absolute Gasteiger partial charge is 0.326 e. The molecule has 10 N–H and O–H groups in total. The molecule has 3 aromatic heterocycles. The van der Waals surface area contributed by atoms with Crippen LogP contribution in [0.3, 0.4) is 0 Å². The number of ether oxygens (including phenoxy) is 4. The fourth-order valence-corrected chi connectivity index (χ4v) is 11.2. The minimum Gasteiger partial charge on any atom is -0.481 e. The number of halogens is 1. The molecule has 498 valence electrons. The average Bonchev–Trinajstić information content (AvgIpc) is 1.54. The third-order valence-corrected chi connectivity index (χ3v) is 16.3. The van der Waals surface area contributed by atoms with Crippen molar-refractivity contribution in [3.8, 4) is 0 Å². The second-order valence-electron chi connectivity index (χ2n) is 23.0. The number of carboxylic acid groups (broad SMARTS) is 2. The molecule has 1 saturated heterocycles. The van der Waals surface area contributed by atoms with Crippen molar-refractivity contribution in [1.82, 2.24) is 45.9 Å². The molecule has 4 atom stereocenters. The molecule has 6 rings (SSSR count). The zero-order valence-corrected chi connectivity index (χ0v) is 53.5. The Morgan fingerprint density at radius 2 is 1.25 bits per heavy atom. The number of likely N-dealkylation sites (tertiary alicyclic amines) is 1. The Morgan fingerprint density at radius 3 is 1.86 bits per heavy atom. The Balaban J connectivity index is 0.770. The minimum absolute atomic E-state index is 0.0214. The van der Waals surface area contributed by atoms with Gasteiger partial charge in [0, 0.05) is 79.5 Å². The third kappa shape index (κ3) is 25.5.